The Hall–Kier alpha value is -0.570. The number of carboxylic acids is 1. The van der Waals surface area contributed by atoms with Crippen LogP contribution in [0, 0.1) is 17.8 Å². The highest BCUT2D eigenvalue weighted by atomic mass is 16.4. The first-order chi connectivity index (χ1) is 7.95. The van der Waals surface area contributed by atoms with Crippen LogP contribution in [0.4, 0.5) is 0 Å². The van der Waals surface area contributed by atoms with Crippen molar-refractivity contribution >= 4 is 5.97 Å². The SMILES string of the molecule is CCC(NC1CC(C)CCC1C(C)C)C(=O)O. The second kappa shape index (κ2) is 6.39. The Morgan fingerprint density at radius 1 is 1.41 bits per heavy atom. The molecule has 0 radical (unpaired) electrons. The van der Waals surface area contributed by atoms with E-state index in [0.29, 0.717) is 30.2 Å². The standard InChI is InChI=1S/C14H27NO2/c1-5-12(14(16)17)15-13-8-10(4)6-7-11(13)9(2)3/h9-13,15H,5-8H2,1-4H3,(H,16,17). The molecule has 0 aromatic rings. The van der Waals surface area contributed by atoms with Crippen LogP contribution in [0.3, 0.4) is 0 Å². The van der Waals surface area contributed by atoms with E-state index in [2.05, 4.69) is 26.1 Å². The Morgan fingerprint density at radius 3 is 2.53 bits per heavy atom. The summed E-state index contributed by atoms with van der Waals surface area (Å²) in [6.07, 6.45) is 4.29. The van der Waals surface area contributed by atoms with Crippen LogP contribution < -0.4 is 5.32 Å². The van der Waals surface area contributed by atoms with E-state index < -0.39 is 5.97 Å². The average molecular weight is 241 g/mol. The van der Waals surface area contributed by atoms with Crippen LogP contribution in [0.2, 0.25) is 0 Å². The van der Waals surface area contributed by atoms with E-state index in [1.165, 1.54) is 12.8 Å². The molecule has 1 rings (SSSR count). The summed E-state index contributed by atoms with van der Waals surface area (Å²) in [6.45, 7) is 8.70. The van der Waals surface area contributed by atoms with Gasteiger partial charge >= 0.3 is 5.97 Å². The molecule has 0 spiro atoms. The van der Waals surface area contributed by atoms with Crippen molar-refractivity contribution in [3.63, 3.8) is 0 Å². The smallest absolute Gasteiger partial charge is 0.320 e. The summed E-state index contributed by atoms with van der Waals surface area (Å²) in [5.74, 6) is 1.26. The van der Waals surface area contributed by atoms with Crippen LogP contribution in [-0.2, 0) is 4.79 Å². The highest BCUT2D eigenvalue weighted by molar-refractivity contribution is 5.73. The number of carboxylic acid groups (broad SMARTS) is 1. The van der Waals surface area contributed by atoms with E-state index in [1.807, 2.05) is 6.92 Å². The van der Waals surface area contributed by atoms with Crippen molar-refractivity contribution in [3.8, 4) is 0 Å². The van der Waals surface area contributed by atoms with Gasteiger partial charge in [0.25, 0.3) is 0 Å². The van der Waals surface area contributed by atoms with Gasteiger partial charge in [-0.2, -0.15) is 0 Å². The van der Waals surface area contributed by atoms with Crippen molar-refractivity contribution in [2.75, 3.05) is 0 Å². The van der Waals surface area contributed by atoms with Crippen LogP contribution in [0.25, 0.3) is 0 Å². The zero-order chi connectivity index (χ0) is 13.0. The molecule has 1 saturated carbocycles. The summed E-state index contributed by atoms with van der Waals surface area (Å²) >= 11 is 0. The molecule has 17 heavy (non-hydrogen) atoms. The molecule has 0 aliphatic heterocycles. The number of aliphatic carboxylic acids is 1. The fraction of sp³-hybridized carbons (Fsp3) is 0.929. The summed E-state index contributed by atoms with van der Waals surface area (Å²) < 4.78 is 0. The maximum absolute atomic E-state index is 11.1. The van der Waals surface area contributed by atoms with Gasteiger partial charge in [0.15, 0.2) is 0 Å². The van der Waals surface area contributed by atoms with Gasteiger partial charge in [-0.15, -0.1) is 0 Å². The van der Waals surface area contributed by atoms with E-state index in [-0.39, 0.29) is 6.04 Å². The first-order valence-electron chi connectivity index (χ1n) is 6.94. The number of rotatable bonds is 5. The van der Waals surface area contributed by atoms with E-state index >= 15 is 0 Å². The van der Waals surface area contributed by atoms with Gasteiger partial charge in [0, 0.05) is 6.04 Å². The fourth-order valence-corrected chi connectivity index (χ4v) is 3.02. The Labute approximate surface area is 105 Å². The van der Waals surface area contributed by atoms with Crippen molar-refractivity contribution in [3.05, 3.63) is 0 Å². The zero-order valence-electron chi connectivity index (χ0n) is 11.6. The molecule has 1 aliphatic carbocycles. The lowest BCUT2D eigenvalue weighted by molar-refractivity contribution is -0.140. The van der Waals surface area contributed by atoms with Crippen molar-refractivity contribution in [2.45, 2.75) is 65.5 Å². The minimum absolute atomic E-state index is 0.375. The molecule has 3 nitrogen and oxygen atoms in total. The van der Waals surface area contributed by atoms with Crippen LogP contribution in [0.1, 0.15) is 53.4 Å². The molecule has 0 bridgehead atoms. The molecular weight excluding hydrogens is 214 g/mol. The number of carbonyl (C=O) groups is 1. The van der Waals surface area contributed by atoms with Crippen LogP contribution in [0.15, 0.2) is 0 Å². The lowest BCUT2D eigenvalue weighted by atomic mass is 9.74. The molecular formula is C14H27NO2. The van der Waals surface area contributed by atoms with Gasteiger partial charge in [-0.05, 0) is 37.0 Å². The molecule has 0 heterocycles. The molecule has 3 heteroatoms. The lowest BCUT2D eigenvalue weighted by Gasteiger charge is -2.39. The topological polar surface area (TPSA) is 49.3 Å². The lowest BCUT2D eigenvalue weighted by Crippen LogP contribution is -2.49. The van der Waals surface area contributed by atoms with Gasteiger partial charge in [0.2, 0.25) is 0 Å². The quantitative estimate of drug-likeness (QED) is 0.778. The molecule has 0 aromatic carbocycles. The number of hydrogen-bond acceptors (Lipinski definition) is 2. The minimum Gasteiger partial charge on any atom is -0.480 e. The fourth-order valence-electron chi connectivity index (χ4n) is 3.02. The zero-order valence-corrected chi connectivity index (χ0v) is 11.6. The number of nitrogens with one attached hydrogen (secondary N) is 1. The van der Waals surface area contributed by atoms with E-state index in [1.54, 1.807) is 0 Å². The first-order valence-corrected chi connectivity index (χ1v) is 6.94. The van der Waals surface area contributed by atoms with Gasteiger partial charge in [0.1, 0.15) is 6.04 Å². The molecule has 0 aromatic heterocycles. The van der Waals surface area contributed by atoms with Crippen LogP contribution in [-0.4, -0.2) is 23.2 Å². The Bertz CT molecular complexity index is 253. The Kier molecular flexibility index (Phi) is 5.44. The van der Waals surface area contributed by atoms with E-state index in [0.717, 1.165) is 6.42 Å². The van der Waals surface area contributed by atoms with Gasteiger partial charge < -0.3 is 10.4 Å². The predicted octanol–water partition coefficient (Wildman–Crippen LogP) is 2.90. The molecule has 100 valence electrons. The van der Waals surface area contributed by atoms with Gasteiger partial charge in [-0.3, -0.25) is 4.79 Å². The third kappa shape index (κ3) is 3.98. The molecule has 0 amide bonds. The summed E-state index contributed by atoms with van der Waals surface area (Å²) in [6, 6.07) is -0.00801. The van der Waals surface area contributed by atoms with E-state index in [9.17, 15) is 4.79 Å². The summed E-state index contributed by atoms with van der Waals surface area (Å²) in [4.78, 5) is 11.1. The second-order valence-corrected chi connectivity index (χ2v) is 5.90. The summed E-state index contributed by atoms with van der Waals surface area (Å²) in [7, 11) is 0. The maximum Gasteiger partial charge on any atom is 0.320 e. The van der Waals surface area contributed by atoms with Crippen LogP contribution >= 0.6 is 0 Å². The third-order valence-electron chi connectivity index (χ3n) is 4.14. The molecule has 4 atom stereocenters. The van der Waals surface area contributed by atoms with Crippen molar-refractivity contribution < 1.29 is 9.90 Å². The van der Waals surface area contributed by atoms with Gasteiger partial charge in [0.05, 0.1) is 0 Å². The van der Waals surface area contributed by atoms with Crippen molar-refractivity contribution in [1.29, 1.82) is 0 Å². The maximum atomic E-state index is 11.1. The third-order valence-corrected chi connectivity index (χ3v) is 4.14. The Balaban J connectivity index is 2.65. The number of hydrogen-bond donors (Lipinski definition) is 2. The largest absolute Gasteiger partial charge is 0.480 e. The van der Waals surface area contributed by atoms with Crippen molar-refractivity contribution in [1.82, 2.24) is 5.32 Å². The molecule has 0 saturated heterocycles. The molecule has 1 fully saturated rings. The monoisotopic (exact) mass is 241 g/mol. The van der Waals surface area contributed by atoms with Gasteiger partial charge in [-0.25, -0.2) is 0 Å². The summed E-state index contributed by atoms with van der Waals surface area (Å²) in [5, 5.41) is 12.5. The van der Waals surface area contributed by atoms with Crippen LogP contribution in [0.5, 0.6) is 0 Å². The first kappa shape index (κ1) is 14.5. The normalized spacial score (nSPS) is 31.5. The molecule has 4 unspecified atom stereocenters. The average Bonchev–Trinajstić information content (AvgIpc) is 2.25. The highest BCUT2D eigenvalue weighted by Crippen LogP contribution is 2.33. The molecule has 1 aliphatic rings. The van der Waals surface area contributed by atoms with E-state index in [4.69, 9.17) is 5.11 Å². The van der Waals surface area contributed by atoms with Gasteiger partial charge in [-0.1, -0.05) is 34.1 Å². The van der Waals surface area contributed by atoms with Crippen molar-refractivity contribution in [2.24, 2.45) is 17.8 Å². The molecule has 2 N–H and O–H groups in total. The second-order valence-electron chi connectivity index (χ2n) is 5.90. The summed E-state index contributed by atoms with van der Waals surface area (Å²) in [5.41, 5.74) is 0. The highest BCUT2D eigenvalue weighted by Gasteiger charge is 2.32. The predicted molar refractivity (Wildman–Crippen MR) is 70.0 cm³/mol. The minimum atomic E-state index is -0.715. The Morgan fingerprint density at radius 2 is 2.06 bits per heavy atom.